The van der Waals surface area contributed by atoms with Crippen LogP contribution in [-0.2, 0) is 9.59 Å². The minimum Gasteiger partial charge on any atom is -0.478 e. The molecule has 0 saturated carbocycles. The molecule has 0 saturated heterocycles. The molecule has 1 aromatic carbocycles. The third-order valence-electron chi connectivity index (χ3n) is 3.73. The molecule has 22 heavy (non-hydrogen) atoms. The van der Waals surface area contributed by atoms with Crippen LogP contribution >= 0.6 is 0 Å². The minimum atomic E-state index is -0.712. The summed E-state index contributed by atoms with van der Waals surface area (Å²) in [5.74, 6) is -0.268. The second-order valence-corrected chi connectivity index (χ2v) is 5.69. The summed E-state index contributed by atoms with van der Waals surface area (Å²) in [4.78, 5) is 36.1. The second kappa shape index (κ2) is 5.75. The molecule has 0 spiro atoms. The van der Waals surface area contributed by atoms with E-state index >= 15 is 0 Å². The maximum absolute atomic E-state index is 12.6. The van der Waals surface area contributed by atoms with Crippen molar-refractivity contribution in [1.29, 1.82) is 0 Å². The Morgan fingerprint density at radius 2 is 2.00 bits per heavy atom. The zero-order valence-corrected chi connectivity index (χ0v) is 12.9. The number of Topliss-reactive ketones (excluding diaryl/α,β-unsaturated/α-hetero) is 1. The monoisotopic (exact) mass is 306 g/mol. The molecule has 1 heterocycles. The zero-order chi connectivity index (χ0) is 16.6. The molecule has 118 valence electrons. The summed E-state index contributed by atoms with van der Waals surface area (Å²) < 4.78 is 5.68. The summed E-state index contributed by atoms with van der Waals surface area (Å²) in [5.41, 5.74) is 0.109. The Morgan fingerprint density at radius 1 is 1.36 bits per heavy atom. The molecule has 2 unspecified atom stereocenters. The van der Waals surface area contributed by atoms with Gasteiger partial charge in [-0.05, 0) is 25.8 Å². The first kappa shape index (κ1) is 15.9. The highest BCUT2D eigenvalue weighted by Crippen LogP contribution is 2.39. The third kappa shape index (κ3) is 2.66. The van der Waals surface area contributed by atoms with Gasteiger partial charge in [-0.25, -0.2) is 0 Å². The first-order chi connectivity index (χ1) is 10.2. The van der Waals surface area contributed by atoms with Crippen LogP contribution in [0.25, 0.3) is 0 Å². The Kier molecular flexibility index (Phi) is 4.16. The van der Waals surface area contributed by atoms with Gasteiger partial charge in [-0.3, -0.25) is 24.6 Å². The number of nitrogens with zero attached hydrogens (tertiary/aromatic N) is 2. The fourth-order valence-corrected chi connectivity index (χ4v) is 2.35. The number of hydrogen-bond acceptors (Lipinski definition) is 5. The van der Waals surface area contributed by atoms with Gasteiger partial charge in [0.2, 0.25) is 0 Å². The summed E-state index contributed by atoms with van der Waals surface area (Å²) >= 11 is 0. The number of non-ortho nitro benzene ring substituents is 1. The lowest BCUT2D eigenvalue weighted by Gasteiger charge is -2.38. The number of amides is 1. The van der Waals surface area contributed by atoms with Crippen molar-refractivity contribution in [2.75, 3.05) is 4.90 Å². The number of rotatable bonds is 4. The molecule has 0 N–H and O–H groups in total. The first-order valence-corrected chi connectivity index (χ1v) is 7.02. The maximum atomic E-state index is 12.6. The molecule has 0 aromatic heterocycles. The van der Waals surface area contributed by atoms with Crippen molar-refractivity contribution in [3.8, 4) is 5.75 Å². The van der Waals surface area contributed by atoms with Gasteiger partial charge in [0.15, 0.2) is 11.9 Å². The molecular weight excluding hydrogens is 288 g/mol. The molecule has 1 amide bonds. The van der Waals surface area contributed by atoms with Gasteiger partial charge in [0, 0.05) is 12.1 Å². The molecule has 0 fully saturated rings. The van der Waals surface area contributed by atoms with Gasteiger partial charge in [-0.1, -0.05) is 13.8 Å². The minimum absolute atomic E-state index is 0.0856. The van der Waals surface area contributed by atoms with Crippen molar-refractivity contribution < 1.29 is 19.2 Å². The normalized spacial score (nSPS) is 18.7. The summed E-state index contributed by atoms with van der Waals surface area (Å²) in [7, 11) is 0. The van der Waals surface area contributed by atoms with E-state index in [4.69, 9.17) is 4.74 Å². The van der Waals surface area contributed by atoms with Crippen LogP contribution < -0.4 is 9.64 Å². The van der Waals surface area contributed by atoms with E-state index in [9.17, 15) is 19.7 Å². The van der Waals surface area contributed by atoms with E-state index in [1.165, 1.54) is 30.0 Å². The van der Waals surface area contributed by atoms with E-state index < -0.39 is 17.1 Å². The number of benzene rings is 1. The summed E-state index contributed by atoms with van der Waals surface area (Å²) in [6.45, 7) is 6.67. The Labute approximate surface area is 128 Å². The molecule has 1 aliphatic heterocycles. The van der Waals surface area contributed by atoms with Crippen LogP contribution in [-0.4, -0.2) is 28.8 Å². The highest BCUT2D eigenvalue weighted by molar-refractivity contribution is 6.05. The van der Waals surface area contributed by atoms with E-state index in [2.05, 4.69) is 0 Å². The van der Waals surface area contributed by atoms with E-state index in [0.717, 1.165) is 0 Å². The Balaban J connectivity index is 2.59. The molecule has 0 radical (unpaired) electrons. The molecule has 7 nitrogen and oxygen atoms in total. The lowest BCUT2D eigenvalue weighted by atomic mass is 10.0. The molecule has 1 aliphatic rings. The summed E-state index contributed by atoms with van der Waals surface area (Å²) in [5, 5.41) is 10.9. The molecule has 0 aliphatic carbocycles. The summed E-state index contributed by atoms with van der Waals surface area (Å²) in [6, 6.07) is 3.35. The number of nitro groups is 1. The third-order valence-corrected chi connectivity index (χ3v) is 3.73. The number of ether oxygens (including phenoxy) is 1. The van der Waals surface area contributed by atoms with Gasteiger partial charge < -0.3 is 4.74 Å². The van der Waals surface area contributed by atoms with E-state index in [-0.39, 0.29) is 29.0 Å². The van der Waals surface area contributed by atoms with Crippen LogP contribution in [0.5, 0.6) is 5.75 Å². The van der Waals surface area contributed by atoms with Crippen molar-refractivity contribution >= 4 is 23.1 Å². The predicted octanol–water partition coefficient (Wildman–Crippen LogP) is 2.32. The largest absolute Gasteiger partial charge is 0.478 e. The Hall–Kier alpha value is -2.44. The SMILES string of the molecule is CC(=O)C(C)N1C(=O)C(C(C)C)Oc2ccc([N+](=O)[O-])cc21. The van der Waals surface area contributed by atoms with Gasteiger partial charge in [0.1, 0.15) is 5.75 Å². The van der Waals surface area contributed by atoms with Crippen molar-refractivity contribution in [3.63, 3.8) is 0 Å². The van der Waals surface area contributed by atoms with Gasteiger partial charge >= 0.3 is 0 Å². The van der Waals surface area contributed by atoms with Crippen LogP contribution in [0.3, 0.4) is 0 Å². The van der Waals surface area contributed by atoms with E-state index in [1.807, 2.05) is 13.8 Å². The van der Waals surface area contributed by atoms with Crippen LogP contribution in [0, 0.1) is 16.0 Å². The number of ketones is 1. The highest BCUT2D eigenvalue weighted by atomic mass is 16.6. The van der Waals surface area contributed by atoms with Crippen LogP contribution in [0.1, 0.15) is 27.7 Å². The van der Waals surface area contributed by atoms with Crippen molar-refractivity contribution in [2.45, 2.75) is 39.8 Å². The highest BCUT2D eigenvalue weighted by Gasteiger charge is 2.40. The molecule has 2 rings (SSSR count). The fraction of sp³-hybridized carbons (Fsp3) is 0.467. The van der Waals surface area contributed by atoms with E-state index in [1.54, 1.807) is 6.92 Å². The van der Waals surface area contributed by atoms with Gasteiger partial charge in [0.05, 0.1) is 16.7 Å². The van der Waals surface area contributed by atoms with Crippen molar-refractivity contribution in [3.05, 3.63) is 28.3 Å². The van der Waals surface area contributed by atoms with E-state index in [0.29, 0.717) is 5.75 Å². The maximum Gasteiger partial charge on any atom is 0.271 e. The topological polar surface area (TPSA) is 89.8 Å². The lowest BCUT2D eigenvalue weighted by Crippen LogP contribution is -2.53. The van der Waals surface area contributed by atoms with Crippen LogP contribution in [0.2, 0.25) is 0 Å². The van der Waals surface area contributed by atoms with Gasteiger partial charge in [-0.2, -0.15) is 0 Å². The number of fused-ring (bicyclic) bond motifs is 1. The molecule has 1 aromatic rings. The average molecular weight is 306 g/mol. The Bertz CT molecular complexity index is 641. The number of hydrogen-bond donors (Lipinski definition) is 0. The van der Waals surface area contributed by atoms with Crippen LogP contribution in [0.15, 0.2) is 18.2 Å². The van der Waals surface area contributed by atoms with Crippen molar-refractivity contribution in [1.82, 2.24) is 0 Å². The first-order valence-electron chi connectivity index (χ1n) is 7.02. The number of carbonyl (C=O) groups excluding carboxylic acids is 2. The van der Waals surface area contributed by atoms with Gasteiger partial charge in [0.25, 0.3) is 11.6 Å². The molecular formula is C15H18N2O5. The van der Waals surface area contributed by atoms with Crippen molar-refractivity contribution in [2.24, 2.45) is 5.92 Å². The zero-order valence-electron chi connectivity index (χ0n) is 12.9. The molecule has 7 heteroatoms. The summed E-state index contributed by atoms with van der Waals surface area (Å²) in [6.07, 6.45) is -0.712. The number of nitro benzene ring substituents is 1. The van der Waals surface area contributed by atoms with Crippen LogP contribution in [0.4, 0.5) is 11.4 Å². The average Bonchev–Trinajstić information content (AvgIpc) is 2.44. The smallest absolute Gasteiger partial charge is 0.271 e. The second-order valence-electron chi connectivity index (χ2n) is 5.69. The standard InChI is InChI=1S/C15H18N2O5/c1-8(2)14-15(19)16(9(3)10(4)18)12-7-11(17(20)21)5-6-13(12)22-14/h5-9,14H,1-4H3. The predicted molar refractivity (Wildman–Crippen MR) is 80.0 cm³/mol. The Morgan fingerprint density at radius 3 is 2.50 bits per heavy atom. The number of carbonyl (C=O) groups is 2. The lowest BCUT2D eigenvalue weighted by molar-refractivity contribution is -0.384. The molecule has 0 bridgehead atoms. The molecule has 2 atom stereocenters. The van der Waals surface area contributed by atoms with Gasteiger partial charge in [-0.15, -0.1) is 0 Å². The quantitative estimate of drug-likeness (QED) is 0.629. The number of anilines is 1. The fourth-order valence-electron chi connectivity index (χ4n) is 2.35.